The fourth-order valence-electron chi connectivity index (χ4n) is 2.06. The number of fused-ring (bicyclic) bond motifs is 2. The lowest BCUT2D eigenvalue weighted by Gasteiger charge is -2.03. The first-order valence-corrected chi connectivity index (χ1v) is 5.64. The molecule has 2 aromatic heterocycles. The highest BCUT2D eigenvalue weighted by molar-refractivity contribution is 5.75. The van der Waals surface area contributed by atoms with Gasteiger partial charge in [0.15, 0.2) is 17.1 Å². The van der Waals surface area contributed by atoms with Gasteiger partial charge in [0.1, 0.15) is 5.39 Å². The molecule has 0 spiro atoms. The maximum absolute atomic E-state index is 11.6. The lowest BCUT2D eigenvalue weighted by molar-refractivity contribution is 0.174. The van der Waals surface area contributed by atoms with Gasteiger partial charge in [-0.1, -0.05) is 0 Å². The third-order valence-electron chi connectivity index (χ3n) is 2.97. The first-order chi connectivity index (χ1) is 9.33. The van der Waals surface area contributed by atoms with Crippen molar-refractivity contribution in [1.82, 2.24) is 19.7 Å². The highest BCUT2D eigenvalue weighted by Crippen LogP contribution is 2.33. The fourth-order valence-corrected chi connectivity index (χ4v) is 2.06. The van der Waals surface area contributed by atoms with Crippen LogP contribution in [0.15, 0.2) is 35.5 Å². The van der Waals surface area contributed by atoms with Crippen molar-refractivity contribution >= 4 is 11.0 Å². The number of nitrogens with one attached hydrogen (secondary N) is 1. The van der Waals surface area contributed by atoms with Gasteiger partial charge >= 0.3 is 0 Å². The minimum Gasteiger partial charge on any atom is -0.454 e. The van der Waals surface area contributed by atoms with E-state index in [4.69, 9.17) is 9.47 Å². The van der Waals surface area contributed by atoms with Crippen LogP contribution in [0.5, 0.6) is 11.5 Å². The van der Waals surface area contributed by atoms with E-state index in [-0.39, 0.29) is 12.4 Å². The predicted octanol–water partition coefficient (Wildman–Crippen LogP) is 0.838. The van der Waals surface area contributed by atoms with Crippen molar-refractivity contribution in [1.29, 1.82) is 0 Å². The first kappa shape index (κ1) is 10.1. The van der Waals surface area contributed by atoms with E-state index in [2.05, 4.69) is 15.1 Å². The molecule has 94 valence electrons. The van der Waals surface area contributed by atoms with Gasteiger partial charge in [0.25, 0.3) is 5.56 Å². The van der Waals surface area contributed by atoms with Crippen LogP contribution >= 0.6 is 0 Å². The van der Waals surface area contributed by atoms with Gasteiger partial charge in [0.05, 0.1) is 18.2 Å². The van der Waals surface area contributed by atoms with Gasteiger partial charge in [-0.3, -0.25) is 4.79 Å². The molecular weight excluding hydrogens is 248 g/mol. The van der Waals surface area contributed by atoms with Crippen LogP contribution in [0.3, 0.4) is 0 Å². The molecule has 19 heavy (non-hydrogen) atoms. The summed E-state index contributed by atoms with van der Waals surface area (Å²) in [5, 5.41) is 4.63. The molecule has 0 saturated carbocycles. The third kappa shape index (κ3) is 1.41. The largest absolute Gasteiger partial charge is 0.454 e. The molecule has 0 atom stereocenters. The van der Waals surface area contributed by atoms with Crippen LogP contribution in [-0.4, -0.2) is 26.5 Å². The number of benzene rings is 1. The van der Waals surface area contributed by atoms with E-state index in [0.717, 1.165) is 5.69 Å². The molecule has 0 bridgehead atoms. The summed E-state index contributed by atoms with van der Waals surface area (Å²) in [5.74, 6) is 1.36. The van der Waals surface area contributed by atoms with Gasteiger partial charge in [0, 0.05) is 6.07 Å². The molecule has 4 rings (SSSR count). The van der Waals surface area contributed by atoms with Gasteiger partial charge in [-0.05, 0) is 12.1 Å². The molecule has 0 aliphatic carbocycles. The molecule has 3 heterocycles. The Balaban J connectivity index is 1.95. The molecule has 0 amide bonds. The molecule has 1 aromatic carbocycles. The van der Waals surface area contributed by atoms with Gasteiger partial charge in [0.2, 0.25) is 6.79 Å². The summed E-state index contributed by atoms with van der Waals surface area (Å²) >= 11 is 0. The van der Waals surface area contributed by atoms with E-state index >= 15 is 0 Å². The molecule has 1 aliphatic rings. The molecule has 0 fully saturated rings. The summed E-state index contributed by atoms with van der Waals surface area (Å²) in [5.41, 5.74) is 1.05. The molecular formula is C12H8N4O3. The minimum atomic E-state index is -0.211. The molecule has 1 aliphatic heterocycles. The van der Waals surface area contributed by atoms with Gasteiger partial charge in [-0.2, -0.15) is 5.10 Å². The Morgan fingerprint density at radius 2 is 2.16 bits per heavy atom. The van der Waals surface area contributed by atoms with E-state index in [1.807, 2.05) is 6.07 Å². The van der Waals surface area contributed by atoms with Crippen LogP contribution < -0.4 is 15.0 Å². The predicted molar refractivity (Wildman–Crippen MR) is 65.6 cm³/mol. The highest BCUT2D eigenvalue weighted by Gasteiger charge is 2.15. The number of ether oxygens (including phenoxy) is 2. The van der Waals surface area contributed by atoms with Crippen LogP contribution in [-0.2, 0) is 0 Å². The van der Waals surface area contributed by atoms with Crippen molar-refractivity contribution in [3.8, 4) is 17.2 Å². The Labute approximate surface area is 106 Å². The zero-order valence-electron chi connectivity index (χ0n) is 9.66. The second kappa shape index (κ2) is 3.58. The van der Waals surface area contributed by atoms with Crippen LogP contribution in [0, 0.1) is 0 Å². The van der Waals surface area contributed by atoms with Crippen LogP contribution in [0.2, 0.25) is 0 Å². The topological polar surface area (TPSA) is 82.0 Å². The zero-order chi connectivity index (χ0) is 12.8. The number of rotatable bonds is 1. The maximum atomic E-state index is 11.6. The van der Waals surface area contributed by atoms with Crippen LogP contribution in [0.1, 0.15) is 0 Å². The Hall–Kier alpha value is -2.83. The normalized spacial score (nSPS) is 13.1. The average Bonchev–Trinajstić information content (AvgIpc) is 3.04. The van der Waals surface area contributed by atoms with E-state index in [1.54, 1.807) is 16.8 Å². The van der Waals surface area contributed by atoms with Crippen molar-refractivity contribution < 1.29 is 9.47 Å². The van der Waals surface area contributed by atoms with Crippen molar-refractivity contribution in [2.75, 3.05) is 6.79 Å². The number of nitrogens with zero attached hydrogens (tertiary/aromatic N) is 3. The fraction of sp³-hybridized carbons (Fsp3) is 0.0833. The standard InChI is InChI=1S/C12H8N4O3/c17-12-8-4-15-16(11(8)13-5-14-12)7-1-2-9-10(3-7)19-6-18-9/h1-5H,6H2,(H,13,14,17). The van der Waals surface area contributed by atoms with Gasteiger partial charge < -0.3 is 14.5 Å². The van der Waals surface area contributed by atoms with E-state index in [1.165, 1.54) is 12.5 Å². The zero-order valence-corrected chi connectivity index (χ0v) is 9.66. The summed E-state index contributed by atoms with van der Waals surface area (Å²) in [6.45, 7) is 0.219. The lowest BCUT2D eigenvalue weighted by atomic mass is 10.3. The Morgan fingerprint density at radius 1 is 1.26 bits per heavy atom. The summed E-state index contributed by atoms with van der Waals surface area (Å²) < 4.78 is 12.2. The van der Waals surface area contributed by atoms with Gasteiger partial charge in [-0.15, -0.1) is 0 Å². The molecule has 7 heteroatoms. The Kier molecular flexibility index (Phi) is 1.91. The maximum Gasteiger partial charge on any atom is 0.261 e. The summed E-state index contributed by atoms with van der Waals surface area (Å²) in [6.07, 6.45) is 2.85. The van der Waals surface area contributed by atoms with Crippen molar-refractivity contribution in [2.24, 2.45) is 0 Å². The van der Waals surface area contributed by atoms with Crippen molar-refractivity contribution in [2.45, 2.75) is 0 Å². The molecule has 0 unspecified atom stereocenters. The summed E-state index contributed by atoms with van der Waals surface area (Å²) in [4.78, 5) is 18.3. The van der Waals surface area contributed by atoms with Crippen molar-refractivity contribution in [3.63, 3.8) is 0 Å². The first-order valence-electron chi connectivity index (χ1n) is 5.64. The average molecular weight is 256 g/mol. The van der Waals surface area contributed by atoms with E-state index in [9.17, 15) is 4.79 Å². The Morgan fingerprint density at radius 3 is 3.11 bits per heavy atom. The second-order valence-corrected chi connectivity index (χ2v) is 4.06. The van der Waals surface area contributed by atoms with Crippen molar-refractivity contribution in [3.05, 3.63) is 41.1 Å². The monoisotopic (exact) mass is 256 g/mol. The van der Waals surface area contributed by atoms with Crippen LogP contribution in [0.4, 0.5) is 0 Å². The smallest absolute Gasteiger partial charge is 0.261 e. The second-order valence-electron chi connectivity index (χ2n) is 4.06. The third-order valence-corrected chi connectivity index (χ3v) is 2.97. The van der Waals surface area contributed by atoms with Gasteiger partial charge in [-0.25, -0.2) is 9.67 Å². The molecule has 1 N–H and O–H groups in total. The summed E-state index contributed by atoms with van der Waals surface area (Å²) in [7, 11) is 0. The minimum absolute atomic E-state index is 0.211. The highest BCUT2D eigenvalue weighted by atomic mass is 16.7. The van der Waals surface area contributed by atoms with E-state index < -0.39 is 0 Å². The number of aromatic nitrogens is 4. The molecule has 0 saturated heterocycles. The Bertz CT molecular complexity index is 836. The quantitative estimate of drug-likeness (QED) is 0.697. The van der Waals surface area contributed by atoms with Crippen LogP contribution in [0.25, 0.3) is 16.7 Å². The number of hydrogen-bond donors (Lipinski definition) is 1. The number of aromatic amines is 1. The lowest BCUT2D eigenvalue weighted by Crippen LogP contribution is -2.06. The molecule has 3 aromatic rings. The number of H-pyrrole nitrogens is 1. The molecule has 0 radical (unpaired) electrons. The molecule has 7 nitrogen and oxygen atoms in total. The number of hydrogen-bond acceptors (Lipinski definition) is 5. The SMILES string of the molecule is O=c1[nH]cnc2c1cnn2-c1ccc2c(c1)OCO2. The van der Waals surface area contributed by atoms with E-state index in [0.29, 0.717) is 22.5 Å². The summed E-state index contributed by atoms with van der Waals surface area (Å²) in [6, 6.07) is 5.44.